The van der Waals surface area contributed by atoms with Crippen molar-refractivity contribution in [2.24, 2.45) is 0 Å². The molecule has 1 rings (SSSR count). The summed E-state index contributed by atoms with van der Waals surface area (Å²) in [4.78, 5) is 8.77. The monoisotopic (exact) mass is 196 g/mol. The molecule has 0 aromatic rings. The second-order valence-electron chi connectivity index (χ2n) is 2.86. The van der Waals surface area contributed by atoms with Crippen LogP contribution in [0.1, 0.15) is 32.1 Å². The van der Waals surface area contributed by atoms with E-state index in [1.54, 1.807) is 0 Å². The van der Waals surface area contributed by atoms with Crippen LogP contribution in [0.3, 0.4) is 0 Å². The van der Waals surface area contributed by atoms with Gasteiger partial charge in [0, 0.05) is 0 Å². The van der Waals surface area contributed by atoms with E-state index in [4.69, 9.17) is 9.42 Å². The number of hydrogen-bond donors (Lipinski definition) is 2. The zero-order valence-corrected chi connectivity index (χ0v) is 8.06. The van der Waals surface area contributed by atoms with Crippen LogP contribution in [0.15, 0.2) is 0 Å². The molecule has 0 spiro atoms. The first-order valence-corrected chi connectivity index (χ1v) is 6.55. The van der Waals surface area contributed by atoms with E-state index in [-0.39, 0.29) is 6.10 Å². The van der Waals surface area contributed by atoms with Crippen molar-refractivity contribution in [3.8, 4) is 0 Å². The van der Waals surface area contributed by atoms with E-state index in [0.29, 0.717) is 0 Å². The van der Waals surface area contributed by atoms with E-state index in [0.717, 1.165) is 25.7 Å². The summed E-state index contributed by atoms with van der Waals surface area (Å²) in [6.07, 6.45) is 5.15. The molecule has 5 heteroatoms. The lowest BCUT2D eigenvalue weighted by molar-refractivity contribution is 0.144. The molecule has 0 amide bonds. The largest absolute Gasteiger partial charge is 0.383 e. The molecule has 0 bridgehead atoms. The van der Waals surface area contributed by atoms with Gasteiger partial charge in [-0.3, -0.25) is 4.52 Å². The Morgan fingerprint density at radius 1 is 1.36 bits per heavy atom. The first kappa shape index (κ1) is 9.59. The topological polar surface area (TPSA) is 46.5 Å². The summed E-state index contributed by atoms with van der Waals surface area (Å²) in [5.41, 5.74) is 0. The zero-order chi connectivity index (χ0) is 8.32. The van der Waals surface area contributed by atoms with E-state index in [2.05, 4.69) is 12.2 Å². The Labute approximate surface area is 71.8 Å². The SMILES string of the molecule is O=P(O)(S)OC1CCCCC1. The number of thiol groups is 1. The third-order valence-corrected chi connectivity index (χ3v) is 2.69. The summed E-state index contributed by atoms with van der Waals surface area (Å²) in [6.45, 7) is -3.54. The molecule has 1 aliphatic carbocycles. The van der Waals surface area contributed by atoms with Gasteiger partial charge in [0.1, 0.15) is 0 Å². The molecule has 0 aromatic carbocycles. The highest BCUT2D eigenvalue weighted by Gasteiger charge is 2.21. The quantitative estimate of drug-likeness (QED) is 0.526. The molecule has 0 aromatic heterocycles. The van der Waals surface area contributed by atoms with Crippen molar-refractivity contribution in [3.63, 3.8) is 0 Å². The molecular formula is C6H13O3PS. The van der Waals surface area contributed by atoms with Crippen molar-refractivity contribution in [2.75, 3.05) is 0 Å². The molecule has 1 aliphatic rings. The minimum atomic E-state index is -3.54. The van der Waals surface area contributed by atoms with E-state index in [9.17, 15) is 4.57 Å². The third-order valence-electron chi connectivity index (χ3n) is 1.84. The normalized spacial score (nSPS) is 26.4. The fourth-order valence-corrected chi connectivity index (χ4v) is 2.36. The molecule has 0 radical (unpaired) electrons. The van der Waals surface area contributed by atoms with Crippen molar-refractivity contribution < 1.29 is 14.0 Å². The average Bonchev–Trinajstić information content (AvgIpc) is 1.85. The molecule has 66 valence electrons. The molecule has 1 fully saturated rings. The first-order chi connectivity index (χ1) is 5.08. The van der Waals surface area contributed by atoms with Gasteiger partial charge in [-0.05, 0) is 12.8 Å². The Balaban J connectivity index is 2.30. The Bertz CT molecular complexity index is 161. The Morgan fingerprint density at radius 2 is 1.91 bits per heavy atom. The summed E-state index contributed by atoms with van der Waals surface area (Å²) in [7, 11) is 0. The van der Waals surface area contributed by atoms with E-state index >= 15 is 0 Å². The zero-order valence-electron chi connectivity index (χ0n) is 6.27. The van der Waals surface area contributed by atoms with Crippen LogP contribution < -0.4 is 0 Å². The maximum absolute atomic E-state index is 10.7. The lowest BCUT2D eigenvalue weighted by Crippen LogP contribution is -2.13. The second-order valence-corrected chi connectivity index (χ2v) is 5.56. The predicted molar refractivity (Wildman–Crippen MR) is 46.8 cm³/mol. The fraction of sp³-hybridized carbons (Fsp3) is 1.00. The van der Waals surface area contributed by atoms with Gasteiger partial charge in [0.15, 0.2) is 0 Å². The van der Waals surface area contributed by atoms with Gasteiger partial charge in [0.2, 0.25) is 0 Å². The van der Waals surface area contributed by atoms with Crippen LogP contribution in [-0.4, -0.2) is 11.0 Å². The summed E-state index contributed by atoms with van der Waals surface area (Å²) < 4.78 is 15.5. The highest BCUT2D eigenvalue weighted by atomic mass is 32.7. The Morgan fingerprint density at radius 3 is 2.36 bits per heavy atom. The lowest BCUT2D eigenvalue weighted by Gasteiger charge is -2.22. The van der Waals surface area contributed by atoms with Crippen LogP contribution >= 0.6 is 19.0 Å². The third kappa shape index (κ3) is 4.16. The molecule has 3 nitrogen and oxygen atoms in total. The average molecular weight is 196 g/mol. The van der Waals surface area contributed by atoms with E-state index < -0.39 is 6.80 Å². The maximum atomic E-state index is 10.7. The fourth-order valence-electron chi connectivity index (χ4n) is 1.36. The summed E-state index contributed by atoms with van der Waals surface area (Å²) in [6, 6.07) is 0. The molecular weight excluding hydrogens is 183 g/mol. The van der Waals surface area contributed by atoms with Gasteiger partial charge in [-0.2, -0.15) is 0 Å². The second kappa shape index (κ2) is 3.94. The van der Waals surface area contributed by atoms with Crippen LogP contribution in [0.4, 0.5) is 0 Å². The Kier molecular flexibility index (Phi) is 3.44. The van der Waals surface area contributed by atoms with Crippen molar-refractivity contribution >= 4 is 19.0 Å². The summed E-state index contributed by atoms with van der Waals surface area (Å²) >= 11 is 3.45. The van der Waals surface area contributed by atoms with Crippen LogP contribution in [0, 0.1) is 0 Å². The van der Waals surface area contributed by atoms with Gasteiger partial charge >= 0.3 is 6.80 Å². The molecule has 0 heterocycles. The molecule has 1 unspecified atom stereocenters. The van der Waals surface area contributed by atoms with Gasteiger partial charge < -0.3 is 4.89 Å². The number of hydrogen-bond acceptors (Lipinski definition) is 2. The van der Waals surface area contributed by atoms with Gasteiger partial charge in [-0.15, -0.1) is 0 Å². The smallest absolute Gasteiger partial charge is 0.317 e. The van der Waals surface area contributed by atoms with Crippen LogP contribution in [0.25, 0.3) is 0 Å². The van der Waals surface area contributed by atoms with Gasteiger partial charge in [-0.1, -0.05) is 31.5 Å². The number of rotatable bonds is 2. The molecule has 11 heavy (non-hydrogen) atoms. The van der Waals surface area contributed by atoms with E-state index in [1.807, 2.05) is 0 Å². The standard InChI is InChI=1S/C6H13O3PS/c7-10(8,11)9-6-4-2-1-3-5-6/h6H,1-5H2,(H2,7,8,11). The van der Waals surface area contributed by atoms with Gasteiger partial charge in [0.25, 0.3) is 0 Å². The molecule has 0 aliphatic heterocycles. The summed E-state index contributed by atoms with van der Waals surface area (Å²) in [5.74, 6) is 0. The molecule has 0 saturated heterocycles. The maximum Gasteiger partial charge on any atom is 0.383 e. The molecule has 1 atom stereocenters. The molecule has 1 saturated carbocycles. The van der Waals surface area contributed by atoms with Gasteiger partial charge in [-0.25, -0.2) is 4.57 Å². The summed E-state index contributed by atoms with van der Waals surface area (Å²) in [5, 5.41) is 0. The first-order valence-electron chi connectivity index (χ1n) is 3.82. The van der Waals surface area contributed by atoms with Crippen molar-refractivity contribution in [1.82, 2.24) is 0 Å². The predicted octanol–water partition coefficient (Wildman–Crippen LogP) is 2.37. The van der Waals surface area contributed by atoms with Crippen LogP contribution in [0.5, 0.6) is 0 Å². The van der Waals surface area contributed by atoms with Crippen LogP contribution in [-0.2, 0) is 9.09 Å². The minimum Gasteiger partial charge on any atom is -0.317 e. The highest BCUT2D eigenvalue weighted by Crippen LogP contribution is 2.49. The minimum absolute atomic E-state index is 0.0444. The van der Waals surface area contributed by atoms with Gasteiger partial charge in [0.05, 0.1) is 6.10 Å². The Hall–Kier alpha value is 0.500. The van der Waals surface area contributed by atoms with Crippen molar-refractivity contribution in [2.45, 2.75) is 38.2 Å². The van der Waals surface area contributed by atoms with Crippen LogP contribution in [0.2, 0.25) is 0 Å². The van der Waals surface area contributed by atoms with E-state index in [1.165, 1.54) is 6.42 Å². The lowest BCUT2D eigenvalue weighted by atomic mass is 9.98. The molecule has 1 N–H and O–H groups in total. The highest BCUT2D eigenvalue weighted by molar-refractivity contribution is 8.44. The van der Waals surface area contributed by atoms with Crippen molar-refractivity contribution in [1.29, 1.82) is 0 Å². The van der Waals surface area contributed by atoms with Crippen molar-refractivity contribution in [3.05, 3.63) is 0 Å².